The summed E-state index contributed by atoms with van der Waals surface area (Å²) in [6.07, 6.45) is 3.06. The Morgan fingerprint density at radius 3 is 1.64 bits per heavy atom. The van der Waals surface area contributed by atoms with Gasteiger partial charge in [-0.2, -0.15) is 0 Å². The third-order valence-electron chi connectivity index (χ3n) is 15.4. The largest absolute Gasteiger partial charge is 0.495 e. The first-order chi connectivity index (χ1) is 40.6. The normalized spacial score (nSPS) is 14.3. The van der Waals surface area contributed by atoms with E-state index in [-0.39, 0.29) is 17.4 Å². The topological polar surface area (TPSA) is 201 Å². The van der Waals surface area contributed by atoms with Crippen LogP contribution in [0.3, 0.4) is 0 Å². The predicted molar refractivity (Wildman–Crippen MR) is 333 cm³/mol. The average molecular weight is 1120 g/mol. The summed E-state index contributed by atoms with van der Waals surface area (Å²) < 4.78 is 12.8. The van der Waals surface area contributed by atoms with Crippen LogP contribution in [0.4, 0.5) is 57.4 Å². The van der Waals surface area contributed by atoms with Gasteiger partial charge in [-0.1, -0.05) is 62.4 Å². The molecule has 0 spiro atoms. The smallest absolute Gasteiger partial charge is 0.280 e. The molecule has 6 heterocycles. The lowest BCUT2D eigenvalue weighted by Gasteiger charge is -2.34. The van der Waals surface area contributed by atoms with Gasteiger partial charge in [0.1, 0.15) is 34.8 Å². The Hall–Kier alpha value is -9.27. The number of rotatable bonds is 21. The minimum Gasteiger partial charge on any atom is -0.495 e. The average Bonchev–Trinajstić information content (AvgIpc) is 3.70. The number of carbonyl (C=O) groups excluding carboxylic acids is 1. The van der Waals surface area contributed by atoms with Crippen LogP contribution >= 0.6 is 0 Å². The molecule has 11 rings (SSSR count). The Balaban J connectivity index is 0.824. The Morgan fingerprint density at radius 1 is 0.518 bits per heavy atom. The molecule has 19 heteroatoms. The highest BCUT2D eigenvalue weighted by Gasteiger charge is 2.20. The molecule has 1 amide bonds. The third-order valence-corrected chi connectivity index (χ3v) is 15.4. The summed E-state index contributed by atoms with van der Waals surface area (Å²) >= 11 is 0. The van der Waals surface area contributed by atoms with Crippen molar-refractivity contribution >= 4 is 84.8 Å². The van der Waals surface area contributed by atoms with Crippen LogP contribution in [0.2, 0.25) is 0 Å². The molecule has 19 nitrogen and oxygen atoms in total. The molecule has 2 saturated heterocycles. The Labute approximate surface area is 482 Å². The number of H-pyrrole nitrogens is 1. The van der Waals surface area contributed by atoms with Gasteiger partial charge in [0.15, 0.2) is 0 Å². The molecule has 0 bridgehead atoms. The molecule has 83 heavy (non-hydrogen) atoms. The molecular formula is C64H70N14O5. The second-order valence-corrected chi connectivity index (χ2v) is 20.9. The zero-order valence-corrected chi connectivity index (χ0v) is 47.3. The van der Waals surface area contributed by atoms with Gasteiger partial charge in [0, 0.05) is 107 Å². The molecule has 2 aliphatic heterocycles. The maximum Gasteiger partial charge on any atom is 0.280 e. The van der Waals surface area contributed by atoms with Crippen LogP contribution in [0.15, 0.2) is 162 Å². The van der Waals surface area contributed by atoms with Crippen molar-refractivity contribution in [1.29, 1.82) is 0 Å². The lowest BCUT2D eigenvalue weighted by Crippen LogP contribution is -2.45. The van der Waals surface area contributed by atoms with Crippen molar-refractivity contribution in [2.75, 3.05) is 112 Å². The molecule has 7 N–H and O–H groups in total. The molecule has 0 radical (unpaired) electrons. The Bertz CT molecular complexity index is 3840. The number of carbonyl (C=O) groups is 1. The maximum absolute atomic E-state index is 14.7. The molecule has 5 aromatic carbocycles. The first-order valence-electron chi connectivity index (χ1n) is 28.3. The predicted octanol–water partition coefficient (Wildman–Crippen LogP) is 9.96. The summed E-state index contributed by atoms with van der Waals surface area (Å²) in [6, 6.07) is 44.6. The fourth-order valence-corrected chi connectivity index (χ4v) is 10.7. The van der Waals surface area contributed by atoms with Crippen molar-refractivity contribution in [2.24, 2.45) is 0 Å². The van der Waals surface area contributed by atoms with E-state index < -0.39 is 11.5 Å². The third kappa shape index (κ3) is 13.6. The van der Waals surface area contributed by atoms with Crippen molar-refractivity contribution < 1.29 is 14.3 Å². The molecule has 426 valence electrons. The number of aromatic nitrogens is 4. The first-order valence-corrected chi connectivity index (χ1v) is 28.3. The van der Waals surface area contributed by atoms with Gasteiger partial charge >= 0.3 is 0 Å². The molecule has 2 aliphatic rings. The summed E-state index contributed by atoms with van der Waals surface area (Å²) in [7, 11) is 3.18. The first kappa shape index (κ1) is 55.6. The quantitative estimate of drug-likeness (QED) is 0.0358. The number of hydrogen-bond acceptors (Lipinski definition) is 16. The highest BCUT2D eigenvalue weighted by atomic mass is 16.5. The zero-order chi connectivity index (χ0) is 57.2. The number of fused-ring (bicyclic) bond motifs is 2. The van der Waals surface area contributed by atoms with E-state index in [0.29, 0.717) is 67.9 Å². The van der Waals surface area contributed by atoms with E-state index in [2.05, 4.69) is 94.7 Å². The van der Waals surface area contributed by atoms with E-state index in [4.69, 9.17) is 19.4 Å². The monoisotopic (exact) mass is 1110 g/mol. The van der Waals surface area contributed by atoms with Gasteiger partial charge in [-0.05, 0) is 125 Å². The van der Waals surface area contributed by atoms with E-state index in [0.717, 1.165) is 101 Å². The number of likely N-dealkylation sites (N-methyl/N-ethyl adjacent to an activating group) is 2. The Kier molecular flexibility index (Phi) is 17.2. The SMILES string of the molecule is CCN1CCN(Cc2ccc(Nc3nc(Nc4cc(CC(=O)Nn5ccc6cc(Nc7ccc(Nc8ccccc8)cc7OC)nc(Nc7ccc(CN8CCN(CC)CC8)cc7)c6c5=O)ccc4OC)cc4cc[nH]c(=O)c34)cc2)CC1. The summed E-state index contributed by atoms with van der Waals surface area (Å²) in [5, 5.41) is 19.0. The van der Waals surface area contributed by atoms with Gasteiger partial charge in [-0.15, -0.1) is 0 Å². The van der Waals surface area contributed by atoms with E-state index in [1.54, 1.807) is 63.0 Å². The molecule has 0 saturated carbocycles. The van der Waals surface area contributed by atoms with Crippen LogP contribution in [0, 0.1) is 0 Å². The van der Waals surface area contributed by atoms with Gasteiger partial charge in [-0.25, -0.2) is 14.6 Å². The fourth-order valence-electron chi connectivity index (χ4n) is 10.7. The minimum atomic E-state index is -0.478. The summed E-state index contributed by atoms with van der Waals surface area (Å²) in [6.45, 7) is 16.6. The van der Waals surface area contributed by atoms with Crippen LogP contribution < -0.4 is 52.6 Å². The number of benzene rings is 5. The van der Waals surface area contributed by atoms with Crippen molar-refractivity contribution in [3.63, 3.8) is 0 Å². The number of aromatic amines is 1. The van der Waals surface area contributed by atoms with Crippen molar-refractivity contribution in [3.05, 3.63) is 189 Å². The minimum absolute atomic E-state index is 0.0875. The van der Waals surface area contributed by atoms with Crippen LogP contribution in [-0.4, -0.2) is 125 Å². The van der Waals surface area contributed by atoms with E-state index >= 15 is 0 Å². The number of piperazine rings is 2. The number of amides is 1. The second-order valence-electron chi connectivity index (χ2n) is 20.9. The molecular weight excluding hydrogens is 1040 g/mol. The molecule has 2 fully saturated rings. The standard InChI is InChI=1S/C64H70N14O5/c1-5-74-28-32-76(33-29-74)41-43-12-17-49(18-13-43)67-61-59-46(24-26-65-63(59)80)38-57(71-61)70-53-36-45(16-23-54(53)82-3)37-58(79)73-78-27-25-47-39-56(69-52-22-21-51(40-55(52)83-4)66-48-10-8-7-9-11-48)72-62(60(47)64(78)81)68-50-19-14-44(15-20-50)42-77-34-30-75(6-2)31-35-77/h7-27,36,38-40,66H,5-6,28-35,37,41-42H2,1-4H3,(H,65,80)(H,73,79)(H2,67,70,71)(H2,68,69,72). The number of hydrogen-bond donors (Lipinski definition) is 7. The number of anilines is 10. The van der Waals surface area contributed by atoms with Crippen molar-refractivity contribution in [3.8, 4) is 11.5 Å². The highest BCUT2D eigenvalue weighted by Crippen LogP contribution is 2.35. The van der Waals surface area contributed by atoms with E-state index in [1.165, 1.54) is 15.8 Å². The number of nitrogens with one attached hydrogen (secondary N) is 7. The molecule has 9 aromatic rings. The van der Waals surface area contributed by atoms with Crippen LogP contribution in [0.5, 0.6) is 11.5 Å². The van der Waals surface area contributed by atoms with Crippen LogP contribution in [0.25, 0.3) is 21.5 Å². The number of ether oxygens (including phenoxy) is 2. The van der Waals surface area contributed by atoms with Gasteiger partial charge in [-0.3, -0.25) is 29.6 Å². The van der Waals surface area contributed by atoms with Gasteiger partial charge in [0.25, 0.3) is 11.1 Å². The summed E-state index contributed by atoms with van der Waals surface area (Å²) in [4.78, 5) is 64.5. The van der Waals surface area contributed by atoms with Gasteiger partial charge in [0.05, 0.1) is 42.8 Å². The Morgan fingerprint density at radius 2 is 1.05 bits per heavy atom. The number of para-hydroxylation sites is 1. The van der Waals surface area contributed by atoms with Crippen molar-refractivity contribution in [1.82, 2.24) is 39.2 Å². The summed E-state index contributed by atoms with van der Waals surface area (Å²) in [5.74, 6) is 2.23. The van der Waals surface area contributed by atoms with E-state index in [9.17, 15) is 14.4 Å². The molecule has 4 aromatic heterocycles. The van der Waals surface area contributed by atoms with Crippen molar-refractivity contribution in [2.45, 2.75) is 33.4 Å². The lowest BCUT2D eigenvalue weighted by atomic mass is 10.1. The second kappa shape index (κ2) is 25.7. The number of methoxy groups -OCH3 is 2. The van der Waals surface area contributed by atoms with E-state index in [1.807, 2.05) is 78.9 Å². The van der Waals surface area contributed by atoms with Gasteiger partial charge in [0.2, 0.25) is 5.91 Å². The summed E-state index contributed by atoms with van der Waals surface area (Å²) in [5.41, 5.74) is 9.61. The highest BCUT2D eigenvalue weighted by molar-refractivity contribution is 5.97. The van der Waals surface area contributed by atoms with Crippen LogP contribution in [-0.2, 0) is 24.3 Å². The van der Waals surface area contributed by atoms with Gasteiger partial charge < -0.3 is 50.8 Å². The zero-order valence-electron chi connectivity index (χ0n) is 47.3. The number of pyridine rings is 4. The lowest BCUT2D eigenvalue weighted by molar-refractivity contribution is -0.116. The molecule has 0 aliphatic carbocycles. The maximum atomic E-state index is 14.7. The van der Waals surface area contributed by atoms with Crippen LogP contribution in [0.1, 0.15) is 30.5 Å². The number of nitrogens with zero attached hydrogens (tertiary/aromatic N) is 7. The fraction of sp³-hybridized carbons (Fsp3) is 0.266. The molecule has 0 unspecified atom stereocenters. The molecule has 0 atom stereocenters.